The second-order valence-corrected chi connectivity index (χ2v) is 10.5. The molecular weight excluding hydrogens is 392 g/mol. The van der Waals surface area contributed by atoms with Crippen LogP contribution in [0.3, 0.4) is 0 Å². The summed E-state index contributed by atoms with van der Waals surface area (Å²) in [7, 11) is 0. The molecule has 2 aromatic carbocycles. The van der Waals surface area contributed by atoms with Crippen molar-refractivity contribution in [2.45, 2.75) is 37.8 Å². The van der Waals surface area contributed by atoms with E-state index in [-0.39, 0.29) is 0 Å². The summed E-state index contributed by atoms with van der Waals surface area (Å²) in [6, 6.07) is 23.6. The molecule has 6 rings (SSSR count). The van der Waals surface area contributed by atoms with E-state index < -0.39 is 0 Å². The summed E-state index contributed by atoms with van der Waals surface area (Å²) in [6.07, 6.45) is 5.82. The molecule has 4 heteroatoms. The summed E-state index contributed by atoms with van der Waals surface area (Å²) >= 11 is 0. The van der Waals surface area contributed by atoms with Crippen LogP contribution in [0.1, 0.15) is 25.7 Å². The van der Waals surface area contributed by atoms with Gasteiger partial charge in [0, 0.05) is 75.8 Å². The fourth-order valence-corrected chi connectivity index (χ4v) is 7.12. The van der Waals surface area contributed by atoms with E-state index in [1.807, 2.05) is 0 Å². The third-order valence-electron chi connectivity index (χ3n) is 8.87. The predicted molar refractivity (Wildman–Crippen MR) is 133 cm³/mol. The molecule has 4 nitrogen and oxygen atoms in total. The lowest BCUT2D eigenvalue weighted by atomic mass is 10.0. The standard InChI is InChI=1S/C28H38N4/c1-3-7-25(8-4-1)29-11-15-31(16-12-29)27-19-23-21-28(22-24(23)20-27)32-17-13-30(14-18-32)26-9-5-2-6-10-26/h1-10,23-24,27-28H,11-22H2. The lowest BCUT2D eigenvalue weighted by Crippen LogP contribution is -2.51. The van der Waals surface area contributed by atoms with Gasteiger partial charge in [0.1, 0.15) is 0 Å². The third-order valence-corrected chi connectivity index (χ3v) is 8.87. The van der Waals surface area contributed by atoms with E-state index >= 15 is 0 Å². The van der Waals surface area contributed by atoms with Gasteiger partial charge in [0.15, 0.2) is 0 Å². The van der Waals surface area contributed by atoms with Crippen molar-refractivity contribution in [1.82, 2.24) is 9.80 Å². The summed E-state index contributed by atoms with van der Waals surface area (Å²) < 4.78 is 0. The molecule has 0 spiro atoms. The molecule has 0 N–H and O–H groups in total. The van der Waals surface area contributed by atoms with E-state index in [1.54, 1.807) is 0 Å². The number of nitrogens with zero attached hydrogens (tertiary/aromatic N) is 4. The number of piperazine rings is 2. The van der Waals surface area contributed by atoms with Gasteiger partial charge < -0.3 is 9.80 Å². The molecule has 0 unspecified atom stereocenters. The van der Waals surface area contributed by atoms with Crippen molar-refractivity contribution in [3.8, 4) is 0 Å². The van der Waals surface area contributed by atoms with Crippen molar-refractivity contribution in [1.29, 1.82) is 0 Å². The van der Waals surface area contributed by atoms with Crippen LogP contribution in [0.25, 0.3) is 0 Å². The zero-order chi connectivity index (χ0) is 21.3. The average molecular weight is 431 g/mol. The monoisotopic (exact) mass is 430 g/mol. The second-order valence-electron chi connectivity index (χ2n) is 10.5. The van der Waals surface area contributed by atoms with Crippen LogP contribution in [-0.2, 0) is 0 Å². The van der Waals surface area contributed by atoms with Gasteiger partial charge in [-0.1, -0.05) is 36.4 Å². The normalized spacial score (nSPS) is 31.8. The Balaban J connectivity index is 0.970. The summed E-state index contributed by atoms with van der Waals surface area (Å²) in [5, 5.41) is 0. The van der Waals surface area contributed by atoms with Gasteiger partial charge in [-0.2, -0.15) is 0 Å². The molecule has 2 aliphatic carbocycles. The Kier molecular flexibility index (Phi) is 5.83. The first-order chi connectivity index (χ1) is 15.8. The summed E-state index contributed by atoms with van der Waals surface area (Å²) in [4.78, 5) is 10.8. The number of benzene rings is 2. The van der Waals surface area contributed by atoms with Gasteiger partial charge in [-0.25, -0.2) is 0 Å². The molecule has 0 bridgehead atoms. The number of para-hydroxylation sites is 2. The molecule has 0 aromatic heterocycles. The van der Waals surface area contributed by atoms with Crippen LogP contribution in [0.4, 0.5) is 11.4 Å². The van der Waals surface area contributed by atoms with E-state index in [2.05, 4.69) is 80.3 Å². The Morgan fingerprint density at radius 1 is 0.438 bits per heavy atom. The van der Waals surface area contributed by atoms with E-state index in [9.17, 15) is 0 Å². The number of fused-ring (bicyclic) bond motifs is 1. The van der Waals surface area contributed by atoms with Gasteiger partial charge in [0.25, 0.3) is 0 Å². The Hall–Kier alpha value is -2.04. The molecule has 2 heterocycles. The molecule has 0 amide bonds. The zero-order valence-corrected chi connectivity index (χ0v) is 19.4. The highest BCUT2D eigenvalue weighted by atomic mass is 15.3. The van der Waals surface area contributed by atoms with Crippen LogP contribution >= 0.6 is 0 Å². The first kappa shape index (κ1) is 20.6. The quantitative estimate of drug-likeness (QED) is 0.721. The van der Waals surface area contributed by atoms with Crippen LogP contribution in [-0.4, -0.2) is 74.2 Å². The predicted octanol–water partition coefficient (Wildman–Crippen LogP) is 4.19. The highest BCUT2D eigenvalue weighted by Gasteiger charge is 2.45. The van der Waals surface area contributed by atoms with Crippen molar-refractivity contribution >= 4 is 11.4 Å². The van der Waals surface area contributed by atoms with Gasteiger partial charge >= 0.3 is 0 Å². The van der Waals surface area contributed by atoms with Crippen molar-refractivity contribution in [2.75, 3.05) is 62.2 Å². The van der Waals surface area contributed by atoms with E-state index in [0.29, 0.717) is 0 Å². The van der Waals surface area contributed by atoms with E-state index in [4.69, 9.17) is 0 Å². The molecule has 0 atom stereocenters. The molecule has 170 valence electrons. The Morgan fingerprint density at radius 3 is 1.12 bits per heavy atom. The van der Waals surface area contributed by atoms with Crippen LogP contribution < -0.4 is 9.80 Å². The maximum Gasteiger partial charge on any atom is 0.0367 e. The minimum absolute atomic E-state index is 0.846. The fourth-order valence-electron chi connectivity index (χ4n) is 7.12. The Morgan fingerprint density at radius 2 is 0.781 bits per heavy atom. The molecule has 2 aliphatic heterocycles. The average Bonchev–Trinajstić information content (AvgIpc) is 3.45. The molecule has 0 radical (unpaired) electrons. The van der Waals surface area contributed by atoms with E-state index in [0.717, 1.165) is 23.9 Å². The van der Waals surface area contributed by atoms with Crippen LogP contribution in [0, 0.1) is 11.8 Å². The smallest absolute Gasteiger partial charge is 0.0367 e. The molecule has 32 heavy (non-hydrogen) atoms. The number of hydrogen-bond acceptors (Lipinski definition) is 4. The first-order valence-electron chi connectivity index (χ1n) is 12.9. The molecule has 4 fully saturated rings. The summed E-state index contributed by atoms with van der Waals surface area (Å²) in [6.45, 7) is 9.70. The molecular formula is C28H38N4. The van der Waals surface area contributed by atoms with Crippen molar-refractivity contribution in [3.05, 3.63) is 60.7 Å². The van der Waals surface area contributed by atoms with Gasteiger partial charge in [-0.05, 0) is 61.8 Å². The Labute approximate surface area is 193 Å². The molecule has 4 aliphatic rings. The zero-order valence-electron chi connectivity index (χ0n) is 19.4. The highest BCUT2D eigenvalue weighted by molar-refractivity contribution is 5.47. The number of hydrogen-bond donors (Lipinski definition) is 0. The Bertz CT molecular complexity index is 770. The van der Waals surface area contributed by atoms with Crippen LogP contribution in [0.5, 0.6) is 0 Å². The molecule has 2 saturated heterocycles. The highest BCUT2D eigenvalue weighted by Crippen LogP contribution is 2.47. The van der Waals surface area contributed by atoms with Crippen molar-refractivity contribution in [3.63, 3.8) is 0 Å². The van der Waals surface area contributed by atoms with Gasteiger partial charge in [-0.3, -0.25) is 9.80 Å². The van der Waals surface area contributed by atoms with E-state index in [1.165, 1.54) is 89.4 Å². The number of rotatable bonds is 4. The van der Waals surface area contributed by atoms with Gasteiger partial charge in [0.05, 0.1) is 0 Å². The SMILES string of the molecule is c1ccc(N2CCN(C3CC4CC(N5CCN(c6ccccc6)CC5)CC4C3)CC2)cc1. The van der Waals surface area contributed by atoms with Crippen LogP contribution in [0.15, 0.2) is 60.7 Å². The van der Waals surface area contributed by atoms with Crippen LogP contribution in [0.2, 0.25) is 0 Å². The third kappa shape index (κ3) is 4.15. The minimum Gasteiger partial charge on any atom is -0.369 e. The topological polar surface area (TPSA) is 13.0 Å². The van der Waals surface area contributed by atoms with Crippen molar-refractivity contribution < 1.29 is 0 Å². The number of anilines is 2. The van der Waals surface area contributed by atoms with Gasteiger partial charge in [-0.15, -0.1) is 0 Å². The fraction of sp³-hybridized carbons (Fsp3) is 0.571. The largest absolute Gasteiger partial charge is 0.369 e. The molecule has 2 saturated carbocycles. The molecule has 2 aromatic rings. The lowest BCUT2D eigenvalue weighted by molar-refractivity contribution is 0.155. The lowest BCUT2D eigenvalue weighted by Gasteiger charge is -2.41. The second kappa shape index (κ2) is 9.07. The minimum atomic E-state index is 0.846. The maximum absolute atomic E-state index is 2.82. The maximum atomic E-state index is 2.82. The summed E-state index contributed by atoms with van der Waals surface area (Å²) in [5.74, 6) is 1.95. The van der Waals surface area contributed by atoms with Crippen molar-refractivity contribution in [2.24, 2.45) is 11.8 Å². The summed E-state index contributed by atoms with van der Waals surface area (Å²) in [5.41, 5.74) is 2.79. The van der Waals surface area contributed by atoms with Gasteiger partial charge in [0.2, 0.25) is 0 Å². The first-order valence-corrected chi connectivity index (χ1v) is 12.9.